The van der Waals surface area contributed by atoms with E-state index in [-0.39, 0.29) is 45.9 Å². The largest absolute Gasteiger partial charge is 0.400 e. The summed E-state index contributed by atoms with van der Waals surface area (Å²) in [6, 6.07) is 42.8. The summed E-state index contributed by atoms with van der Waals surface area (Å²) in [5.41, 5.74) is 2.82. The second-order valence-corrected chi connectivity index (χ2v) is 37.6. The molecule has 0 unspecified atom stereocenters. The Morgan fingerprint density at radius 2 is 0.517 bits per heavy atom. The standard InChI is InChI=1S/3C9H9BrN2O3S.2C8H7BrN2O3S.C8H8N2O3S.C4H10S.2C3H8.C2H6O.C2H6.3CH3I.CH4O/c3*1-11-9(13)6-12(16(11,14)15)8-5-3-2-4-7(8)10;2*9-6-3-1-2-4-7(6)11-5-8(12)10-15(11,13)14;11-8-6-10(14(12,13)9-8)7-4-2-1-3-5-7;1-3-5-4-2;2*1-3-2;1-2-3;5*1-2/h3*2-5H,6H2,1H3;2*1-4H,5H2,(H,10,12);1-5H,6H2,(H,9,11);3-4H2,1-2H3;2*3H2,1-2H3;3H,2H2,1H3;1-2H3;3*1H3;2H,1H3. The lowest BCUT2D eigenvalue weighted by atomic mass is 10.3. The number of amides is 6. The van der Waals surface area contributed by atoms with Gasteiger partial charge in [-0.05, 0) is 186 Å². The van der Waals surface area contributed by atoms with Crippen molar-refractivity contribution in [2.75, 3.05) is 126 Å². The Bertz CT molecular complexity index is 4430. The van der Waals surface area contributed by atoms with Crippen molar-refractivity contribution in [1.29, 1.82) is 0 Å². The van der Waals surface area contributed by atoms with E-state index in [0.717, 1.165) is 45.9 Å². The second kappa shape index (κ2) is 59.3. The molecule has 12 rings (SSSR count). The van der Waals surface area contributed by atoms with Crippen LogP contribution in [0.5, 0.6) is 0 Å². The number of carbonyl (C=O) groups is 6. The summed E-state index contributed by atoms with van der Waals surface area (Å²) in [5.74, 6) is -0.333. The number of nitrogens with one attached hydrogen (secondary N) is 3. The molecule has 0 spiro atoms. The number of alkyl halides is 3. The Morgan fingerprint density at radius 1 is 0.336 bits per heavy atom. The van der Waals surface area contributed by atoms with E-state index in [1.54, 1.807) is 159 Å². The minimum atomic E-state index is -3.71. The van der Waals surface area contributed by atoms with Crippen LogP contribution in [-0.4, -0.2) is 210 Å². The highest BCUT2D eigenvalue weighted by Crippen LogP contribution is 2.35. The van der Waals surface area contributed by atoms with Crippen molar-refractivity contribution < 1.29 is 89.5 Å². The summed E-state index contributed by atoms with van der Waals surface area (Å²) >= 11 is 24.7. The number of thioether (sulfide) groups is 1. The van der Waals surface area contributed by atoms with Gasteiger partial charge in [0, 0.05) is 57.2 Å². The summed E-state index contributed by atoms with van der Waals surface area (Å²) in [5, 5.41) is 14.6. The van der Waals surface area contributed by atoms with Crippen molar-refractivity contribution in [2.24, 2.45) is 0 Å². The zero-order chi connectivity index (χ0) is 90.3. The van der Waals surface area contributed by atoms with Gasteiger partial charge in [-0.3, -0.25) is 28.8 Å². The van der Waals surface area contributed by atoms with Gasteiger partial charge in [0.25, 0.3) is 35.4 Å². The molecule has 6 aliphatic heterocycles. The number of halogens is 8. The number of para-hydroxylation sites is 6. The van der Waals surface area contributed by atoms with E-state index in [1.165, 1.54) is 45.5 Å². The molecule has 32 nitrogen and oxygen atoms in total. The van der Waals surface area contributed by atoms with E-state index in [2.05, 4.69) is 189 Å². The van der Waals surface area contributed by atoms with Crippen molar-refractivity contribution >= 4 is 290 Å². The molecule has 0 atom stereocenters. The zero-order valence-corrected chi connectivity index (χ0v) is 86.5. The average Bonchev–Trinajstić information content (AvgIpc) is 1.64. The van der Waals surface area contributed by atoms with Crippen LogP contribution in [0.1, 0.15) is 75.2 Å². The van der Waals surface area contributed by atoms with Crippen molar-refractivity contribution in [3.8, 4) is 0 Å². The Labute approximate surface area is 772 Å². The Morgan fingerprint density at radius 3 is 0.672 bits per heavy atom. The van der Waals surface area contributed by atoms with Crippen LogP contribution < -0.4 is 40.0 Å². The number of nitrogens with zero attached hydrogens (tertiary/aromatic N) is 9. The summed E-state index contributed by atoms with van der Waals surface area (Å²) in [7, 11) is -17.4. The molecular weight excluding hydrogens is 2320 g/mol. The molecule has 5 N–H and O–H groups in total. The fourth-order valence-corrected chi connectivity index (χ4v) is 19.3. The van der Waals surface area contributed by atoms with E-state index in [9.17, 15) is 79.3 Å². The van der Waals surface area contributed by atoms with Crippen LogP contribution in [0.15, 0.2) is 174 Å². The lowest BCUT2D eigenvalue weighted by Gasteiger charge is -2.18. The number of likely N-dealkylation sites (N-methyl/N-ethyl adjacent to an activating group) is 3. The van der Waals surface area contributed by atoms with Crippen molar-refractivity contribution in [3.63, 3.8) is 0 Å². The lowest BCUT2D eigenvalue weighted by Crippen LogP contribution is -2.31. The maximum absolute atomic E-state index is 11.9. The predicted molar refractivity (Wildman–Crippen MR) is 510 cm³/mol. The average molecular weight is 2420 g/mol. The highest BCUT2D eigenvalue weighted by molar-refractivity contribution is 14.1. The summed E-state index contributed by atoms with van der Waals surface area (Å²) in [4.78, 5) is 73.0. The highest BCUT2D eigenvalue weighted by Gasteiger charge is 2.44. The van der Waals surface area contributed by atoms with Crippen LogP contribution in [0, 0.1) is 0 Å². The number of rotatable bonds is 8. The fourth-order valence-electron chi connectivity index (χ4n) is 8.44. The third-order valence-corrected chi connectivity index (χ3v) is 27.0. The molecule has 0 radical (unpaired) electrons. The van der Waals surface area contributed by atoms with Gasteiger partial charge < -0.3 is 10.2 Å². The van der Waals surface area contributed by atoms with Crippen LogP contribution in [0.4, 0.5) is 34.1 Å². The number of benzene rings is 6. The minimum absolute atomic E-state index is 0.146. The van der Waals surface area contributed by atoms with Crippen molar-refractivity contribution in [1.82, 2.24) is 27.1 Å². The molecule has 0 aliphatic carbocycles. The molecule has 6 amide bonds. The van der Waals surface area contributed by atoms with Crippen LogP contribution in [0.2, 0.25) is 0 Å². The quantitative estimate of drug-likeness (QED) is 0.0698. The van der Waals surface area contributed by atoms with E-state index in [1.807, 2.05) is 54.6 Å². The fraction of sp³-hybridized carbons (Fsp3) is 0.391. The highest BCUT2D eigenvalue weighted by atomic mass is 127. The normalized spacial score (nSPS) is 16.3. The topological polar surface area (TPSA) is 413 Å². The number of aliphatic hydroxyl groups is 2. The molecule has 116 heavy (non-hydrogen) atoms. The van der Waals surface area contributed by atoms with Gasteiger partial charge in [-0.25, -0.2) is 52.9 Å². The smallest absolute Gasteiger partial charge is 0.328 e. The van der Waals surface area contributed by atoms with E-state index in [4.69, 9.17) is 10.2 Å². The molecule has 0 bridgehead atoms. The molecule has 0 aromatic heterocycles. The number of hydrogen-bond acceptors (Lipinski definition) is 21. The minimum Gasteiger partial charge on any atom is -0.400 e. The SMILES string of the molecule is CC.CCC.CCC.CCO.CCSCC.CI.CI.CI.CN1C(=O)CN(c2ccccc2Br)S1(=O)=O.CN1C(=O)CN(c2ccccc2Br)S1(=O)=O.CN1C(=O)CN(c2ccccc2Br)S1(=O)=O.CO.O=C1CN(c2ccccc2)S(=O)(=O)N1.O=C1CN(c2ccccc2Br)S(=O)(=O)N1.O=C1CN(c2ccccc2Br)S(=O)(=O)N1. The predicted octanol–water partition coefficient (Wildman–Crippen LogP) is 12.4. The molecule has 6 aromatic carbocycles. The van der Waals surface area contributed by atoms with Gasteiger partial charge >= 0.3 is 61.3 Å². The third kappa shape index (κ3) is 35.9. The van der Waals surface area contributed by atoms with Crippen molar-refractivity contribution in [3.05, 3.63) is 174 Å². The van der Waals surface area contributed by atoms with Crippen LogP contribution >= 0.6 is 159 Å². The first kappa shape index (κ1) is 116. The van der Waals surface area contributed by atoms with Crippen LogP contribution in [0.25, 0.3) is 0 Å². The van der Waals surface area contributed by atoms with E-state index < -0.39 is 96.7 Å². The second-order valence-electron chi connectivity index (χ2n) is 21.3. The maximum Gasteiger partial charge on any atom is 0.328 e. The molecule has 6 aromatic rings. The number of hydrogen-bond donors (Lipinski definition) is 5. The van der Waals surface area contributed by atoms with Gasteiger partial charge in [0.15, 0.2) is 0 Å². The first-order valence-corrected chi connectivity index (χ1v) is 54.1. The van der Waals surface area contributed by atoms with Crippen LogP contribution in [0.3, 0.4) is 0 Å². The van der Waals surface area contributed by atoms with Crippen molar-refractivity contribution in [2.45, 2.75) is 75.2 Å². The molecule has 6 heterocycles. The Hall–Kier alpha value is -4.50. The zero-order valence-electron chi connectivity index (χ0n) is 66.4. The van der Waals surface area contributed by atoms with E-state index in [0.29, 0.717) is 56.5 Å². The number of aliphatic hydroxyl groups excluding tert-OH is 2. The first-order chi connectivity index (χ1) is 54.6. The lowest BCUT2D eigenvalue weighted by molar-refractivity contribution is -0.123. The number of anilines is 6. The maximum atomic E-state index is 11.9. The Balaban J connectivity index is -0.00000125. The molecule has 6 saturated heterocycles. The monoisotopic (exact) mass is 2420 g/mol. The number of carbonyl (C=O) groups excluding carboxylic acids is 6. The molecule has 654 valence electrons. The van der Waals surface area contributed by atoms with E-state index >= 15 is 0 Å². The summed E-state index contributed by atoms with van der Waals surface area (Å²) in [6.07, 6.45) is 2.50. The Kier molecular flexibility index (Phi) is 59.1. The molecule has 6 aliphatic rings. The van der Waals surface area contributed by atoms with Gasteiger partial charge in [0.1, 0.15) is 39.3 Å². The molecule has 47 heteroatoms. The summed E-state index contributed by atoms with van der Waals surface area (Å²) in [6.45, 7) is 17.8. The van der Waals surface area contributed by atoms with Gasteiger partial charge in [-0.1, -0.05) is 215 Å². The first-order valence-electron chi connectivity index (χ1n) is 34.0. The van der Waals surface area contributed by atoms with Gasteiger partial charge in [-0.15, -0.1) is 0 Å². The molecular formula is C69H100Br5I3N12O20S7. The molecule has 0 saturated carbocycles. The van der Waals surface area contributed by atoms with Gasteiger partial charge in [-0.2, -0.15) is 62.3 Å². The van der Waals surface area contributed by atoms with Gasteiger partial charge in [0.2, 0.25) is 0 Å². The van der Waals surface area contributed by atoms with Gasteiger partial charge in [0.05, 0.1) is 34.1 Å². The van der Waals surface area contributed by atoms with Crippen LogP contribution in [-0.2, 0) is 90.0 Å². The molecule has 6 fully saturated rings. The summed E-state index contributed by atoms with van der Waals surface area (Å²) < 4.78 is 157. The third-order valence-electron chi connectivity index (χ3n) is 13.3.